The first-order valence-corrected chi connectivity index (χ1v) is 15.2. The third-order valence-electron chi connectivity index (χ3n) is 7.64. The number of amides is 1. The van der Waals surface area contributed by atoms with E-state index in [-0.39, 0.29) is 23.1 Å². The van der Waals surface area contributed by atoms with Crippen LogP contribution in [0.5, 0.6) is 0 Å². The number of hydroxylamine groups is 2. The number of ether oxygens (including phenoxy) is 1. The molecular formula is C30H32F3N7O4S. The largest absolute Gasteiger partial charge is 0.493 e. The van der Waals surface area contributed by atoms with E-state index in [1.54, 1.807) is 24.9 Å². The van der Waals surface area contributed by atoms with Gasteiger partial charge in [-0.15, -0.1) is 0 Å². The fourth-order valence-electron chi connectivity index (χ4n) is 5.61. The van der Waals surface area contributed by atoms with Gasteiger partial charge in [-0.2, -0.15) is 23.3 Å². The van der Waals surface area contributed by atoms with Crippen LogP contribution >= 0.6 is 11.8 Å². The lowest BCUT2D eigenvalue weighted by Crippen LogP contribution is -2.56. The molecule has 11 nitrogen and oxygen atoms in total. The standard InChI is InChI=1S/C30H32F3N7O4S/c1-29(2)14-24-25(26(41)37-29)45-28(40(24)44-27(42)30(31,32)33)39-10-11-43-16-23(39)13-20-4-3-5-22(12-20)36-21-8-6-19(7-9-21)15-38-18-34-17-35-38/h3-9,12,17-18,23,28,36H,10-11,13-16H2,1-2H3,(H,37,41). The van der Waals surface area contributed by atoms with E-state index in [4.69, 9.17) is 9.57 Å². The summed E-state index contributed by atoms with van der Waals surface area (Å²) in [5, 5.41) is 11.4. The van der Waals surface area contributed by atoms with Crippen molar-refractivity contribution in [1.29, 1.82) is 0 Å². The monoisotopic (exact) mass is 643 g/mol. The number of thioether (sulfide) groups is 1. The molecule has 1 amide bonds. The molecule has 3 aromatic rings. The number of aromatic nitrogens is 3. The van der Waals surface area contributed by atoms with Gasteiger partial charge in [0.1, 0.15) is 12.7 Å². The number of nitrogens with one attached hydrogen (secondary N) is 2. The number of alkyl halides is 3. The van der Waals surface area contributed by atoms with Crippen molar-refractivity contribution in [3.8, 4) is 0 Å². The molecule has 0 aliphatic carbocycles. The molecule has 15 heteroatoms. The Morgan fingerprint density at radius 3 is 2.71 bits per heavy atom. The van der Waals surface area contributed by atoms with Crippen molar-refractivity contribution in [3.05, 3.63) is 82.9 Å². The highest BCUT2D eigenvalue weighted by molar-refractivity contribution is 8.04. The predicted octanol–water partition coefficient (Wildman–Crippen LogP) is 4.18. The van der Waals surface area contributed by atoms with Crippen molar-refractivity contribution in [3.63, 3.8) is 0 Å². The molecule has 0 spiro atoms. The van der Waals surface area contributed by atoms with Crippen LogP contribution in [0.25, 0.3) is 0 Å². The van der Waals surface area contributed by atoms with Crippen LogP contribution < -0.4 is 10.6 Å². The van der Waals surface area contributed by atoms with Gasteiger partial charge in [0.05, 0.1) is 30.4 Å². The number of rotatable bonds is 8. The summed E-state index contributed by atoms with van der Waals surface area (Å²) < 4.78 is 47.5. The summed E-state index contributed by atoms with van der Waals surface area (Å²) in [6.45, 7) is 5.16. The molecule has 3 aliphatic heterocycles. The highest BCUT2D eigenvalue weighted by Gasteiger charge is 2.51. The molecule has 0 saturated carbocycles. The van der Waals surface area contributed by atoms with Crippen molar-refractivity contribution in [1.82, 2.24) is 30.0 Å². The topological polar surface area (TPSA) is 114 Å². The van der Waals surface area contributed by atoms with Gasteiger partial charge in [0, 0.05) is 35.9 Å². The second kappa shape index (κ2) is 12.4. The van der Waals surface area contributed by atoms with E-state index in [9.17, 15) is 22.8 Å². The summed E-state index contributed by atoms with van der Waals surface area (Å²) in [4.78, 5) is 36.1. The number of carbonyl (C=O) groups is 2. The fraction of sp³-hybridized carbons (Fsp3) is 0.400. The average molecular weight is 644 g/mol. The maximum absolute atomic E-state index is 13.3. The Kier molecular flexibility index (Phi) is 8.50. The first-order valence-electron chi connectivity index (χ1n) is 14.4. The highest BCUT2D eigenvalue weighted by atomic mass is 32.2. The van der Waals surface area contributed by atoms with Crippen molar-refractivity contribution >= 4 is 35.0 Å². The van der Waals surface area contributed by atoms with Gasteiger partial charge in [0.25, 0.3) is 5.91 Å². The zero-order valence-corrected chi connectivity index (χ0v) is 25.4. The van der Waals surface area contributed by atoms with Gasteiger partial charge in [-0.25, -0.2) is 14.5 Å². The van der Waals surface area contributed by atoms with Crippen LogP contribution in [0.3, 0.4) is 0 Å². The van der Waals surface area contributed by atoms with Crippen LogP contribution in [-0.4, -0.2) is 79.6 Å². The number of nitrogens with zero attached hydrogens (tertiary/aromatic N) is 5. The van der Waals surface area contributed by atoms with Gasteiger partial charge < -0.3 is 20.2 Å². The molecular weight excluding hydrogens is 611 g/mol. The van der Waals surface area contributed by atoms with E-state index in [2.05, 4.69) is 20.7 Å². The van der Waals surface area contributed by atoms with Crippen LogP contribution in [0.15, 0.2) is 71.8 Å². The van der Waals surface area contributed by atoms with Crippen molar-refractivity contribution in [2.24, 2.45) is 0 Å². The zero-order valence-electron chi connectivity index (χ0n) is 24.6. The smallest absolute Gasteiger partial charge is 0.378 e. The van der Waals surface area contributed by atoms with Crippen molar-refractivity contribution in [2.75, 3.05) is 25.1 Å². The van der Waals surface area contributed by atoms with Crippen LogP contribution in [0, 0.1) is 0 Å². The fourth-order valence-corrected chi connectivity index (χ4v) is 6.96. The van der Waals surface area contributed by atoms with E-state index in [0.29, 0.717) is 32.7 Å². The Labute approximate surface area is 261 Å². The molecule has 3 aliphatic rings. The Morgan fingerprint density at radius 1 is 1.18 bits per heavy atom. The molecule has 0 radical (unpaired) electrons. The molecule has 1 fully saturated rings. The van der Waals surface area contributed by atoms with E-state index in [1.807, 2.05) is 53.4 Å². The number of morpholine rings is 1. The molecule has 1 saturated heterocycles. The first kappa shape index (κ1) is 30.9. The number of carbonyl (C=O) groups excluding carboxylic acids is 2. The molecule has 238 valence electrons. The Hall–Kier alpha value is -4.08. The average Bonchev–Trinajstić information content (AvgIpc) is 3.62. The number of hydrogen-bond donors (Lipinski definition) is 2. The number of anilines is 2. The molecule has 2 N–H and O–H groups in total. The van der Waals surface area contributed by atoms with E-state index >= 15 is 0 Å². The molecule has 45 heavy (non-hydrogen) atoms. The van der Waals surface area contributed by atoms with Crippen molar-refractivity contribution < 1.29 is 32.3 Å². The van der Waals surface area contributed by atoms with Crippen LogP contribution in [0.1, 0.15) is 31.4 Å². The predicted molar refractivity (Wildman–Crippen MR) is 160 cm³/mol. The first-order chi connectivity index (χ1) is 21.4. The summed E-state index contributed by atoms with van der Waals surface area (Å²) in [5.74, 6) is -2.74. The lowest BCUT2D eigenvalue weighted by atomic mass is 9.94. The minimum absolute atomic E-state index is 0.201. The number of hydrogen-bond acceptors (Lipinski definition) is 10. The SMILES string of the molecule is CC1(C)CC2=C(SC(N3CCOCC3Cc3cccc(Nc4ccc(Cn5cncn5)cc4)c3)N2OC(=O)C(F)(F)F)C(=O)N1. The minimum Gasteiger partial charge on any atom is -0.378 e. The van der Waals surface area contributed by atoms with Crippen LogP contribution in [0.2, 0.25) is 0 Å². The molecule has 6 rings (SSSR count). The van der Waals surface area contributed by atoms with E-state index in [1.165, 1.54) is 6.33 Å². The third-order valence-corrected chi connectivity index (χ3v) is 8.97. The molecule has 4 heterocycles. The molecule has 0 bridgehead atoms. The molecule has 2 atom stereocenters. The zero-order chi connectivity index (χ0) is 31.8. The summed E-state index contributed by atoms with van der Waals surface area (Å²) in [6, 6.07) is 15.6. The van der Waals surface area contributed by atoms with Gasteiger partial charge in [-0.05, 0) is 55.7 Å². The van der Waals surface area contributed by atoms with Gasteiger partial charge in [0.15, 0.2) is 5.50 Å². The summed E-state index contributed by atoms with van der Waals surface area (Å²) in [6.07, 6.45) is -1.33. The van der Waals surface area contributed by atoms with Crippen LogP contribution in [0.4, 0.5) is 24.5 Å². The van der Waals surface area contributed by atoms with Gasteiger partial charge in [-0.1, -0.05) is 36.0 Å². The Balaban J connectivity index is 1.18. The third kappa shape index (κ3) is 7.10. The van der Waals surface area contributed by atoms with Crippen LogP contribution in [-0.2, 0) is 32.1 Å². The second-order valence-corrected chi connectivity index (χ2v) is 12.8. The number of halogens is 3. The summed E-state index contributed by atoms with van der Waals surface area (Å²) >= 11 is 1.09. The van der Waals surface area contributed by atoms with E-state index in [0.717, 1.165) is 39.3 Å². The van der Waals surface area contributed by atoms with Gasteiger partial charge in [0.2, 0.25) is 0 Å². The Bertz CT molecular complexity index is 1580. The molecule has 1 aromatic heterocycles. The molecule has 2 aromatic carbocycles. The van der Waals surface area contributed by atoms with E-state index < -0.39 is 29.1 Å². The lowest BCUT2D eigenvalue weighted by Gasteiger charge is -2.42. The normalized spacial score (nSPS) is 21.8. The maximum atomic E-state index is 13.3. The van der Waals surface area contributed by atoms with Gasteiger partial charge in [-0.3, -0.25) is 9.69 Å². The summed E-state index contributed by atoms with van der Waals surface area (Å²) in [5.41, 5.74) is 2.48. The maximum Gasteiger partial charge on any atom is 0.493 e. The van der Waals surface area contributed by atoms with Crippen molar-refractivity contribution in [2.45, 2.75) is 56.5 Å². The molecule has 2 unspecified atom stereocenters. The summed E-state index contributed by atoms with van der Waals surface area (Å²) in [7, 11) is 0. The Morgan fingerprint density at radius 2 is 1.98 bits per heavy atom. The number of benzene rings is 2. The lowest BCUT2D eigenvalue weighted by molar-refractivity contribution is -0.243. The quantitative estimate of drug-likeness (QED) is 0.371. The second-order valence-electron chi connectivity index (χ2n) is 11.7. The van der Waals surface area contributed by atoms with Gasteiger partial charge >= 0.3 is 12.1 Å². The highest BCUT2D eigenvalue weighted by Crippen LogP contribution is 2.46. The minimum atomic E-state index is -5.19.